The monoisotopic (exact) mass is 290 g/mol. The van der Waals surface area contributed by atoms with E-state index in [0.29, 0.717) is 11.6 Å². The molecular formula is C17H30N4. The van der Waals surface area contributed by atoms with Gasteiger partial charge in [-0.05, 0) is 45.0 Å². The van der Waals surface area contributed by atoms with Crippen molar-refractivity contribution in [2.24, 2.45) is 0 Å². The maximum atomic E-state index is 4.33. The third-order valence-electron chi connectivity index (χ3n) is 4.76. The van der Waals surface area contributed by atoms with E-state index in [-0.39, 0.29) is 0 Å². The van der Waals surface area contributed by atoms with Crippen molar-refractivity contribution in [1.82, 2.24) is 15.2 Å². The summed E-state index contributed by atoms with van der Waals surface area (Å²) in [7, 11) is 6.61. The highest BCUT2D eigenvalue weighted by Gasteiger charge is 2.40. The van der Waals surface area contributed by atoms with E-state index in [4.69, 9.17) is 0 Å². The average Bonchev–Trinajstić information content (AvgIpc) is 2.40. The molecule has 0 spiro atoms. The van der Waals surface area contributed by atoms with Gasteiger partial charge in [-0.1, -0.05) is 13.8 Å². The number of aromatic nitrogens is 1. The average molecular weight is 290 g/mol. The van der Waals surface area contributed by atoms with Gasteiger partial charge in [-0.2, -0.15) is 0 Å². The zero-order valence-electron chi connectivity index (χ0n) is 14.2. The van der Waals surface area contributed by atoms with Crippen molar-refractivity contribution >= 4 is 5.69 Å². The number of pyridine rings is 1. The molecule has 0 amide bonds. The molecule has 118 valence electrons. The minimum absolute atomic E-state index is 0.341. The van der Waals surface area contributed by atoms with Gasteiger partial charge in [0.25, 0.3) is 0 Å². The Bertz CT molecular complexity index is 452. The molecule has 2 rings (SSSR count). The second-order valence-electron chi connectivity index (χ2n) is 6.87. The summed E-state index contributed by atoms with van der Waals surface area (Å²) in [6.07, 6.45) is 7.83. The van der Waals surface area contributed by atoms with Crippen molar-refractivity contribution in [2.45, 2.75) is 51.2 Å². The SMILES string of the molecule is CC(C)NCc1ccncc1N(C)CC1(N(C)C)CCC1. The number of hydrogen-bond donors (Lipinski definition) is 1. The largest absolute Gasteiger partial charge is 0.371 e. The Kier molecular flexibility index (Phi) is 5.22. The second-order valence-corrected chi connectivity index (χ2v) is 6.87. The molecule has 1 N–H and O–H groups in total. The van der Waals surface area contributed by atoms with E-state index in [1.807, 2.05) is 12.4 Å². The predicted octanol–water partition coefficient (Wildman–Crippen LogP) is 2.50. The summed E-state index contributed by atoms with van der Waals surface area (Å²) in [5.74, 6) is 0. The van der Waals surface area contributed by atoms with Crippen LogP contribution in [0.1, 0.15) is 38.7 Å². The number of likely N-dealkylation sites (N-methyl/N-ethyl adjacent to an activating group) is 2. The Morgan fingerprint density at radius 1 is 1.29 bits per heavy atom. The minimum atomic E-state index is 0.341. The summed E-state index contributed by atoms with van der Waals surface area (Å²) in [6, 6.07) is 2.63. The van der Waals surface area contributed by atoms with Crippen LogP contribution in [-0.4, -0.2) is 49.2 Å². The van der Waals surface area contributed by atoms with Gasteiger partial charge >= 0.3 is 0 Å². The first kappa shape index (κ1) is 16.2. The summed E-state index contributed by atoms with van der Waals surface area (Å²) < 4.78 is 0. The lowest BCUT2D eigenvalue weighted by molar-refractivity contribution is 0.0683. The molecule has 0 atom stereocenters. The van der Waals surface area contributed by atoms with Crippen LogP contribution < -0.4 is 10.2 Å². The molecule has 1 aromatic heterocycles. The standard InChI is InChI=1S/C17H30N4/c1-14(2)19-11-15-7-10-18-12-16(15)21(5)13-17(20(3)4)8-6-9-17/h7,10,12,14,19H,6,8-9,11,13H2,1-5H3. The molecule has 1 aromatic rings. The van der Waals surface area contributed by atoms with Crippen molar-refractivity contribution < 1.29 is 0 Å². The van der Waals surface area contributed by atoms with E-state index in [1.54, 1.807) is 0 Å². The second kappa shape index (κ2) is 6.75. The first-order valence-corrected chi connectivity index (χ1v) is 7.99. The molecule has 1 aliphatic rings. The number of anilines is 1. The molecule has 0 bridgehead atoms. The molecule has 4 heteroatoms. The van der Waals surface area contributed by atoms with Crippen molar-refractivity contribution in [3.05, 3.63) is 24.0 Å². The van der Waals surface area contributed by atoms with Crippen molar-refractivity contribution in [1.29, 1.82) is 0 Å². The fourth-order valence-corrected chi connectivity index (χ4v) is 3.08. The van der Waals surface area contributed by atoms with Crippen LogP contribution >= 0.6 is 0 Å². The highest BCUT2D eigenvalue weighted by atomic mass is 15.2. The molecule has 1 saturated carbocycles. The van der Waals surface area contributed by atoms with Gasteiger partial charge in [-0.25, -0.2) is 0 Å². The normalized spacial score (nSPS) is 17.1. The summed E-state index contributed by atoms with van der Waals surface area (Å²) in [4.78, 5) is 9.11. The Morgan fingerprint density at radius 2 is 2.00 bits per heavy atom. The lowest BCUT2D eigenvalue weighted by Gasteiger charge is -2.49. The van der Waals surface area contributed by atoms with Crippen LogP contribution in [0.3, 0.4) is 0 Å². The first-order chi connectivity index (χ1) is 9.94. The summed E-state index contributed by atoms with van der Waals surface area (Å²) >= 11 is 0. The zero-order chi connectivity index (χ0) is 15.5. The highest BCUT2D eigenvalue weighted by Crippen LogP contribution is 2.37. The maximum Gasteiger partial charge on any atom is 0.0596 e. The number of hydrogen-bond acceptors (Lipinski definition) is 4. The van der Waals surface area contributed by atoms with Crippen LogP contribution in [0.2, 0.25) is 0 Å². The number of nitrogens with zero attached hydrogens (tertiary/aromatic N) is 3. The predicted molar refractivity (Wildman–Crippen MR) is 89.8 cm³/mol. The van der Waals surface area contributed by atoms with Crippen LogP contribution in [0.15, 0.2) is 18.5 Å². The van der Waals surface area contributed by atoms with Gasteiger partial charge in [0.05, 0.1) is 11.9 Å². The number of rotatable bonds is 7. The van der Waals surface area contributed by atoms with E-state index < -0.39 is 0 Å². The van der Waals surface area contributed by atoms with Gasteiger partial charge in [-0.15, -0.1) is 0 Å². The molecular weight excluding hydrogens is 260 g/mol. The summed E-state index contributed by atoms with van der Waals surface area (Å²) in [5.41, 5.74) is 2.92. The lowest BCUT2D eigenvalue weighted by atomic mass is 9.75. The van der Waals surface area contributed by atoms with Crippen LogP contribution in [0.4, 0.5) is 5.69 Å². The summed E-state index contributed by atoms with van der Waals surface area (Å²) in [6.45, 7) is 6.33. The van der Waals surface area contributed by atoms with Crippen molar-refractivity contribution in [2.75, 3.05) is 32.6 Å². The smallest absolute Gasteiger partial charge is 0.0596 e. The first-order valence-electron chi connectivity index (χ1n) is 7.99. The van der Waals surface area contributed by atoms with Gasteiger partial charge in [0.2, 0.25) is 0 Å². The molecule has 0 saturated heterocycles. The van der Waals surface area contributed by atoms with Gasteiger partial charge in [-0.3, -0.25) is 4.98 Å². The van der Waals surface area contributed by atoms with E-state index in [0.717, 1.165) is 13.1 Å². The molecule has 0 radical (unpaired) electrons. The number of nitrogens with one attached hydrogen (secondary N) is 1. The maximum absolute atomic E-state index is 4.33. The quantitative estimate of drug-likeness (QED) is 0.836. The van der Waals surface area contributed by atoms with Crippen LogP contribution in [0, 0.1) is 0 Å². The fraction of sp³-hybridized carbons (Fsp3) is 0.706. The van der Waals surface area contributed by atoms with Crippen LogP contribution in [0.5, 0.6) is 0 Å². The van der Waals surface area contributed by atoms with E-state index in [1.165, 1.54) is 30.5 Å². The summed E-state index contributed by atoms with van der Waals surface area (Å²) in [5, 5.41) is 3.51. The molecule has 4 nitrogen and oxygen atoms in total. The van der Waals surface area contributed by atoms with Crippen molar-refractivity contribution in [3.63, 3.8) is 0 Å². The molecule has 0 aromatic carbocycles. The molecule has 21 heavy (non-hydrogen) atoms. The van der Waals surface area contributed by atoms with Gasteiger partial charge < -0.3 is 15.1 Å². The zero-order valence-corrected chi connectivity index (χ0v) is 14.2. The molecule has 1 fully saturated rings. The Labute approximate surface area is 129 Å². The Hall–Kier alpha value is -1.13. The lowest BCUT2D eigenvalue weighted by Crippen LogP contribution is -2.56. The van der Waals surface area contributed by atoms with E-state index in [2.05, 4.69) is 61.2 Å². The third kappa shape index (κ3) is 3.74. The van der Waals surface area contributed by atoms with Crippen LogP contribution in [0.25, 0.3) is 0 Å². The Balaban J connectivity index is 2.09. The Morgan fingerprint density at radius 3 is 2.52 bits per heavy atom. The van der Waals surface area contributed by atoms with E-state index in [9.17, 15) is 0 Å². The fourth-order valence-electron chi connectivity index (χ4n) is 3.08. The highest BCUT2D eigenvalue weighted by molar-refractivity contribution is 5.51. The van der Waals surface area contributed by atoms with E-state index >= 15 is 0 Å². The molecule has 1 heterocycles. The van der Waals surface area contributed by atoms with Gasteiger partial charge in [0.15, 0.2) is 0 Å². The molecule has 1 aliphatic carbocycles. The van der Waals surface area contributed by atoms with Gasteiger partial charge in [0, 0.05) is 37.9 Å². The third-order valence-corrected chi connectivity index (χ3v) is 4.76. The molecule has 0 unspecified atom stereocenters. The van der Waals surface area contributed by atoms with Gasteiger partial charge in [0.1, 0.15) is 0 Å². The van der Waals surface area contributed by atoms with Crippen molar-refractivity contribution in [3.8, 4) is 0 Å². The minimum Gasteiger partial charge on any atom is -0.371 e. The van der Waals surface area contributed by atoms with Crippen LogP contribution in [-0.2, 0) is 6.54 Å². The topological polar surface area (TPSA) is 31.4 Å². The molecule has 0 aliphatic heterocycles.